The molecule has 8 nitrogen and oxygen atoms in total. The Hall–Kier alpha value is -3.15. The minimum Gasteiger partial charge on any atom is -0.370 e. The molecule has 3 atom stereocenters. The molecule has 154 valence electrons. The standard InChI is InChI=1S/C21H25N3O5/c1-4-10-23-21(27)19-17(28-13-16-8-6-5-7-9-16)11-18(29-19)24(14-25)12-15(2)20(26)22-3/h1,5-9,12,14,17-19H,10-11,13H2,2-3H3,(H,22,26)(H,23,27)/b15-12-/t17-,18-,19?/m1/s1. The third-order valence-electron chi connectivity index (χ3n) is 4.39. The van der Waals surface area contributed by atoms with Gasteiger partial charge in [0.1, 0.15) is 6.23 Å². The second-order valence-electron chi connectivity index (χ2n) is 6.45. The Morgan fingerprint density at radius 2 is 2.10 bits per heavy atom. The van der Waals surface area contributed by atoms with Gasteiger partial charge in [0.05, 0.1) is 19.3 Å². The largest absolute Gasteiger partial charge is 0.370 e. The van der Waals surface area contributed by atoms with Crippen molar-refractivity contribution in [2.24, 2.45) is 0 Å². The number of carbonyl (C=O) groups excluding carboxylic acids is 3. The van der Waals surface area contributed by atoms with Gasteiger partial charge >= 0.3 is 0 Å². The molecule has 3 amide bonds. The van der Waals surface area contributed by atoms with E-state index in [0.717, 1.165) is 5.56 Å². The van der Waals surface area contributed by atoms with Crippen molar-refractivity contribution in [2.45, 2.75) is 38.4 Å². The Balaban J connectivity index is 2.14. The molecule has 2 N–H and O–H groups in total. The van der Waals surface area contributed by atoms with Gasteiger partial charge in [0.25, 0.3) is 5.91 Å². The maximum absolute atomic E-state index is 12.5. The van der Waals surface area contributed by atoms with Gasteiger partial charge in [-0.3, -0.25) is 19.3 Å². The topological polar surface area (TPSA) is 97.0 Å². The van der Waals surface area contributed by atoms with Crippen LogP contribution in [0.1, 0.15) is 18.9 Å². The maximum atomic E-state index is 12.5. The van der Waals surface area contributed by atoms with Crippen LogP contribution in [0, 0.1) is 12.3 Å². The van der Waals surface area contributed by atoms with Crippen LogP contribution in [0.15, 0.2) is 42.1 Å². The van der Waals surface area contributed by atoms with Gasteiger partial charge < -0.3 is 20.1 Å². The molecule has 0 radical (unpaired) electrons. The number of rotatable bonds is 9. The number of amides is 3. The van der Waals surface area contributed by atoms with Crippen LogP contribution in [-0.4, -0.2) is 55.2 Å². The van der Waals surface area contributed by atoms with Gasteiger partial charge in [0, 0.05) is 25.2 Å². The zero-order valence-corrected chi connectivity index (χ0v) is 16.5. The fraction of sp³-hybridized carbons (Fsp3) is 0.381. The first-order chi connectivity index (χ1) is 14.0. The Morgan fingerprint density at radius 1 is 1.38 bits per heavy atom. The third-order valence-corrected chi connectivity index (χ3v) is 4.39. The van der Waals surface area contributed by atoms with E-state index >= 15 is 0 Å². The molecule has 8 heteroatoms. The van der Waals surface area contributed by atoms with E-state index in [-0.39, 0.29) is 25.5 Å². The summed E-state index contributed by atoms with van der Waals surface area (Å²) in [5.41, 5.74) is 1.27. The van der Waals surface area contributed by atoms with Gasteiger partial charge in [0.15, 0.2) is 6.10 Å². The van der Waals surface area contributed by atoms with Gasteiger partial charge in [-0.1, -0.05) is 36.3 Å². The first-order valence-corrected chi connectivity index (χ1v) is 9.15. The molecule has 0 spiro atoms. The number of likely N-dealkylation sites (N-methyl/N-ethyl adjacent to an activating group) is 1. The van der Waals surface area contributed by atoms with E-state index in [1.807, 2.05) is 30.3 Å². The monoisotopic (exact) mass is 399 g/mol. The van der Waals surface area contributed by atoms with Gasteiger partial charge in [0.2, 0.25) is 12.3 Å². The minimum absolute atomic E-state index is 0.0574. The summed E-state index contributed by atoms with van der Waals surface area (Å²) >= 11 is 0. The second kappa shape index (κ2) is 11.0. The van der Waals surface area contributed by atoms with Crippen LogP contribution in [0.3, 0.4) is 0 Å². The molecule has 0 bridgehead atoms. The summed E-state index contributed by atoms with van der Waals surface area (Å²) < 4.78 is 11.7. The SMILES string of the molecule is C#CCNC(=O)C1O[C@@H](N(C=O)/C=C(/C)C(=O)NC)C[C@H]1OCc1ccccc1. The Bertz CT molecular complexity index is 787. The Morgan fingerprint density at radius 3 is 2.72 bits per heavy atom. The van der Waals surface area contributed by atoms with E-state index < -0.39 is 24.3 Å². The van der Waals surface area contributed by atoms with Crippen molar-refractivity contribution in [3.8, 4) is 12.3 Å². The molecular formula is C21H25N3O5. The number of hydrogen-bond acceptors (Lipinski definition) is 5. The zero-order chi connectivity index (χ0) is 21.2. The number of carbonyl (C=O) groups is 3. The molecule has 1 aromatic carbocycles. The van der Waals surface area contributed by atoms with Crippen LogP contribution in [0.5, 0.6) is 0 Å². The molecule has 1 aliphatic heterocycles. The molecule has 0 aliphatic carbocycles. The average Bonchev–Trinajstić information content (AvgIpc) is 3.18. The quantitative estimate of drug-likeness (QED) is 0.359. The van der Waals surface area contributed by atoms with Crippen molar-refractivity contribution < 1.29 is 23.9 Å². The fourth-order valence-electron chi connectivity index (χ4n) is 2.89. The summed E-state index contributed by atoms with van der Waals surface area (Å²) in [5.74, 6) is 1.60. The minimum atomic E-state index is -0.937. The lowest BCUT2D eigenvalue weighted by Crippen LogP contribution is -2.41. The lowest BCUT2D eigenvalue weighted by atomic mass is 10.1. The van der Waals surface area contributed by atoms with Crippen molar-refractivity contribution in [3.63, 3.8) is 0 Å². The predicted octanol–water partition coefficient (Wildman–Crippen LogP) is 0.544. The highest BCUT2D eigenvalue weighted by Gasteiger charge is 2.42. The van der Waals surface area contributed by atoms with Crippen molar-refractivity contribution in [2.75, 3.05) is 13.6 Å². The van der Waals surface area contributed by atoms with Gasteiger partial charge in [-0.2, -0.15) is 0 Å². The van der Waals surface area contributed by atoms with Crippen LogP contribution in [0.2, 0.25) is 0 Å². The van der Waals surface area contributed by atoms with E-state index in [2.05, 4.69) is 16.6 Å². The van der Waals surface area contributed by atoms with Gasteiger partial charge in [-0.25, -0.2) is 0 Å². The number of nitrogens with one attached hydrogen (secondary N) is 2. The number of benzene rings is 1. The van der Waals surface area contributed by atoms with Crippen LogP contribution < -0.4 is 10.6 Å². The van der Waals surface area contributed by atoms with Crippen LogP contribution in [0.25, 0.3) is 0 Å². The summed E-state index contributed by atoms with van der Waals surface area (Å²) in [4.78, 5) is 37.0. The molecule has 1 saturated heterocycles. The Labute approximate surface area is 170 Å². The van der Waals surface area contributed by atoms with Crippen molar-refractivity contribution in [1.82, 2.24) is 15.5 Å². The molecule has 1 unspecified atom stereocenters. The van der Waals surface area contributed by atoms with E-state index in [1.165, 1.54) is 18.1 Å². The molecule has 1 aromatic rings. The van der Waals surface area contributed by atoms with Crippen molar-refractivity contribution in [3.05, 3.63) is 47.7 Å². The van der Waals surface area contributed by atoms with Crippen molar-refractivity contribution in [1.29, 1.82) is 0 Å². The molecule has 29 heavy (non-hydrogen) atoms. The van der Waals surface area contributed by atoms with Gasteiger partial charge in [-0.05, 0) is 12.5 Å². The number of nitrogens with zero attached hydrogens (tertiary/aromatic N) is 1. The fourth-order valence-corrected chi connectivity index (χ4v) is 2.89. The summed E-state index contributed by atoms with van der Waals surface area (Å²) in [6.07, 6.45) is 5.11. The van der Waals surface area contributed by atoms with E-state index in [0.29, 0.717) is 12.0 Å². The van der Waals surface area contributed by atoms with Crippen LogP contribution >= 0.6 is 0 Å². The first-order valence-electron chi connectivity index (χ1n) is 9.15. The first kappa shape index (κ1) is 22.1. The zero-order valence-electron chi connectivity index (χ0n) is 16.5. The van der Waals surface area contributed by atoms with Crippen LogP contribution in [0.4, 0.5) is 0 Å². The number of terminal acetylenes is 1. The average molecular weight is 399 g/mol. The number of hydrogen-bond donors (Lipinski definition) is 2. The molecule has 0 aromatic heterocycles. The molecule has 0 saturated carbocycles. The van der Waals surface area contributed by atoms with Crippen molar-refractivity contribution >= 4 is 18.2 Å². The normalized spacial score (nSPS) is 21.1. The van der Waals surface area contributed by atoms with E-state index in [4.69, 9.17) is 15.9 Å². The highest BCUT2D eigenvalue weighted by molar-refractivity contribution is 5.92. The van der Waals surface area contributed by atoms with Gasteiger partial charge in [-0.15, -0.1) is 6.42 Å². The summed E-state index contributed by atoms with van der Waals surface area (Å²) in [6, 6.07) is 9.51. The summed E-state index contributed by atoms with van der Waals surface area (Å²) in [7, 11) is 1.50. The van der Waals surface area contributed by atoms with E-state index in [1.54, 1.807) is 6.92 Å². The maximum Gasteiger partial charge on any atom is 0.252 e. The van der Waals surface area contributed by atoms with Crippen LogP contribution in [-0.2, 0) is 30.5 Å². The summed E-state index contributed by atoms with van der Waals surface area (Å²) in [6.45, 7) is 1.92. The lowest BCUT2D eigenvalue weighted by Gasteiger charge is -2.21. The lowest BCUT2D eigenvalue weighted by molar-refractivity contribution is -0.144. The predicted molar refractivity (Wildman–Crippen MR) is 106 cm³/mol. The molecule has 2 rings (SSSR count). The second-order valence-corrected chi connectivity index (χ2v) is 6.45. The summed E-state index contributed by atoms with van der Waals surface area (Å²) in [5, 5.41) is 5.07. The molecule has 1 fully saturated rings. The highest BCUT2D eigenvalue weighted by Crippen LogP contribution is 2.27. The third kappa shape index (κ3) is 6.17. The molecule has 1 aliphatic rings. The highest BCUT2D eigenvalue weighted by atomic mass is 16.6. The molecule has 1 heterocycles. The molecular weight excluding hydrogens is 374 g/mol. The number of ether oxygens (including phenoxy) is 2. The smallest absolute Gasteiger partial charge is 0.252 e. The Kier molecular flexibility index (Phi) is 8.40. The van der Waals surface area contributed by atoms with E-state index in [9.17, 15) is 14.4 Å².